The molecule has 0 amide bonds. The Labute approximate surface area is 143 Å². The molecule has 6 nitrogen and oxygen atoms in total. The van der Waals surface area contributed by atoms with E-state index in [0.29, 0.717) is 5.75 Å². The van der Waals surface area contributed by atoms with Crippen LogP contribution in [0, 0.1) is 5.92 Å². The van der Waals surface area contributed by atoms with E-state index in [1.54, 1.807) is 23.9 Å². The second kappa shape index (κ2) is 5.98. The lowest BCUT2D eigenvalue weighted by Crippen LogP contribution is -2.56. The molecule has 1 aromatic carbocycles. The van der Waals surface area contributed by atoms with Crippen LogP contribution in [0.2, 0.25) is 0 Å². The number of aliphatic imine (C=N–C) groups is 1. The normalized spacial score (nSPS) is 30.8. The Balaban J connectivity index is 1.94. The minimum absolute atomic E-state index is 0.177. The Hall–Kier alpha value is -1.70. The number of fused-ring (bicyclic) bond motifs is 3. The minimum Gasteiger partial charge on any atom is -0.464 e. The van der Waals surface area contributed by atoms with E-state index in [1.165, 1.54) is 19.1 Å². The minimum atomic E-state index is -2.35. The third-order valence-corrected chi connectivity index (χ3v) is 5.37. The van der Waals surface area contributed by atoms with Crippen LogP contribution in [0.25, 0.3) is 0 Å². The van der Waals surface area contributed by atoms with Crippen LogP contribution in [-0.2, 0) is 15.3 Å². The monoisotopic (exact) mass is 349 g/mol. The van der Waals surface area contributed by atoms with E-state index in [2.05, 4.69) is 4.99 Å². The zero-order chi connectivity index (χ0) is 17.5. The molecular formula is C17H19NO5S. The SMILES string of the molecule is CCSCCOC(=O)[C@H]1C(C)=N[C@]2(O)c3ccccc3C(=O)[C@]12O. The summed E-state index contributed by atoms with van der Waals surface area (Å²) in [5.74, 6) is -1.23. The topological polar surface area (TPSA) is 96.2 Å². The molecule has 0 fully saturated rings. The van der Waals surface area contributed by atoms with E-state index >= 15 is 0 Å². The molecule has 128 valence electrons. The molecule has 1 aliphatic heterocycles. The lowest BCUT2D eigenvalue weighted by Gasteiger charge is -2.31. The first-order chi connectivity index (χ1) is 11.4. The number of Topliss-reactive ketones (excluding diaryl/α,β-unsaturated/α-hetero) is 1. The zero-order valence-electron chi connectivity index (χ0n) is 13.5. The van der Waals surface area contributed by atoms with E-state index in [1.807, 2.05) is 6.92 Å². The second-order valence-corrected chi connectivity index (χ2v) is 7.26. The number of nitrogens with zero attached hydrogens (tertiary/aromatic N) is 1. The number of carbonyl (C=O) groups excluding carboxylic acids is 2. The zero-order valence-corrected chi connectivity index (χ0v) is 14.3. The van der Waals surface area contributed by atoms with Crippen molar-refractivity contribution >= 4 is 29.2 Å². The van der Waals surface area contributed by atoms with Crippen molar-refractivity contribution < 1.29 is 24.5 Å². The maximum absolute atomic E-state index is 12.7. The van der Waals surface area contributed by atoms with Crippen LogP contribution >= 0.6 is 11.8 Å². The van der Waals surface area contributed by atoms with Gasteiger partial charge in [0.05, 0.1) is 0 Å². The Bertz CT molecular complexity index is 733. The van der Waals surface area contributed by atoms with Crippen LogP contribution in [0.5, 0.6) is 0 Å². The van der Waals surface area contributed by atoms with Crippen molar-refractivity contribution in [3.05, 3.63) is 35.4 Å². The Morgan fingerprint density at radius 2 is 2.08 bits per heavy atom. The van der Waals surface area contributed by atoms with Crippen LogP contribution < -0.4 is 0 Å². The van der Waals surface area contributed by atoms with E-state index in [9.17, 15) is 19.8 Å². The molecular weight excluding hydrogens is 330 g/mol. The van der Waals surface area contributed by atoms with Crippen molar-refractivity contribution in [1.29, 1.82) is 0 Å². The van der Waals surface area contributed by atoms with Crippen molar-refractivity contribution in [1.82, 2.24) is 0 Å². The van der Waals surface area contributed by atoms with Gasteiger partial charge < -0.3 is 14.9 Å². The summed E-state index contributed by atoms with van der Waals surface area (Å²) in [6.07, 6.45) is 0. The van der Waals surface area contributed by atoms with Crippen molar-refractivity contribution in [3.8, 4) is 0 Å². The van der Waals surface area contributed by atoms with Gasteiger partial charge in [0.2, 0.25) is 11.5 Å². The summed E-state index contributed by atoms with van der Waals surface area (Å²) >= 11 is 1.62. The molecule has 7 heteroatoms. The first-order valence-corrected chi connectivity index (χ1v) is 8.93. The quantitative estimate of drug-likeness (QED) is 0.611. The summed E-state index contributed by atoms with van der Waals surface area (Å²) in [6, 6.07) is 6.33. The number of rotatable bonds is 5. The molecule has 0 saturated heterocycles. The van der Waals surface area contributed by atoms with Crippen LogP contribution in [0.4, 0.5) is 0 Å². The first kappa shape index (κ1) is 17.1. The predicted octanol–water partition coefficient (Wildman–Crippen LogP) is 1.15. The van der Waals surface area contributed by atoms with Crippen molar-refractivity contribution in [2.75, 3.05) is 18.1 Å². The third-order valence-electron chi connectivity index (χ3n) is 4.51. The van der Waals surface area contributed by atoms with Crippen LogP contribution in [0.15, 0.2) is 29.3 Å². The van der Waals surface area contributed by atoms with Crippen LogP contribution in [-0.4, -0.2) is 51.4 Å². The highest BCUT2D eigenvalue weighted by atomic mass is 32.2. The van der Waals surface area contributed by atoms with Gasteiger partial charge in [-0.2, -0.15) is 11.8 Å². The molecule has 1 heterocycles. The van der Waals surface area contributed by atoms with E-state index in [0.717, 1.165) is 5.75 Å². The molecule has 2 N–H and O–H groups in total. The van der Waals surface area contributed by atoms with Crippen LogP contribution in [0.3, 0.4) is 0 Å². The van der Waals surface area contributed by atoms with Crippen molar-refractivity contribution in [2.24, 2.45) is 10.9 Å². The van der Waals surface area contributed by atoms with Crippen molar-refractivity contribution in [2.45, 2.75) is 25.2 Å². The predicted molar refractivity (Wildman–Crippen MR) is 90.2 cm³/mol. The maximum Gasteiger partial charge on any atom is 0.318 e. The van der Waals surface area contributed by atoms with Crippen molar-refractivity contribution in [3.63, 3.8) is 0 Å². The van der Waals surface area contributed by atoms with Gasteiger partial charge in [-0.05, 0) is 12.7 Å². The number of carbonyl (C=O) groups is 2. The number of benzene rings is 1. The average Bonchev–Trinajstić information content (AvgIpc) is 2.87. The van der Waals surface area contributed by atoms with Crippen LogP contribution in [0.1, 0.15) is 29.8 Å². The second-order valence-electron chi connectivity index (χ2n) is 5.86. The summed E-state index contributed by atoms with van der Waals surface area (Å²) in [4.78, 5) is 29.3. The van der Waals surface area contributed by atoms with Gasteiger partial charge in [-0.3, -0.25) is 14.6 Å². The number of aliphatic hydroxyl groups is 2. The number of thioether (sulfide) groups is 1. The highest BCUT2D eigenvalue weighted by Gasteiger charge is 2.72. The Morgan fingerprint density at radius 3 is 2.79 bits per heavy atom. The summed E-state index contributed by atoms with van der Waals surface area (Å²) in [5, 5.41) is 22.0. The number of ketones is 1. The average molecular weight is 349 g/mol. The summed E-state index contributed by atoms with van der Waals surface area (Å²) in [6.45, 7) is 3.69. The highest BCUT2D eigenvalue weighted by Crippen LogP contribution is 2.53. The number of esters is 1. The molecule has 0 saturated carbocycles. The molecule has 0 bridgehead atoms. The fourth-order valence-corrected chi connectivity index (χ4v) is 3.91. The molecule has 24 heavy (non-hydrogen) atoms. The van der Waals surface area contributed by atoms with Gasteiger partial charge in [-0.1, -0.05) is 31.2 Å². The standard InChI is InChI=1S/C17H19NO5S/c1-3-24-9-8-23-15(20)13-10(2)18-17(22)12-7-5-4-6-11(12)14(19)16(13,17)21/h4-7,13,21-22H,3,8-9H2,1-2H3/t13-,16-,17+/m1/s1. The smallest absolute Gasteiger partial charge is 0.318 e. The maximum atomic E-state index is 12.7. The lowest BCUT2D eigenvalue weighted by molar-refractivity contribution is -0.164. The molecule has 0 radical (unpaired) electrons. The molecule has 2 aliphatic rings. The Morgan fingerprint density at radius 1 is 1.38 bits per heavy atom. The van der Waals surface area contributed by atoms with Gasteiger partial charge >= 0.3 is 5.97 Å². The molecule has 0 unspecified atom stereocenters. The molecule has 1 aliphatic carbocycles. The first-order valence-electron chi connectivity index (χ1n) is 7.77. The molecule has 0 spiro atoms. The van der Waals surface area contributed by atoms with E-state index in [4.69, 9.17) is 4.74 Å². The summed E-state index contributed by atoms with van der Waals surface area (Å²) in [5.41, 5.74) is -3.91. The summed E-state index contributed by atoms with van der Waals surface area (Å²) < 4.78 is 5.20. The molecule has 3 rings (SSSR count). The van der Waals surface area contributed by atoms with E-state index < -0.39 is 29.0 Å². The fraction of sp³-hybridized carbons (Fsp3) is 0.471. The summed E-state index contributed by atoms with van der Waals surface area (Å²) in [7, 11) is 0. The Kier molecular flexibility index (Phi) is 4.27. The number of hydrogen-bond acceptors (Lipinski definition) is 7. The van der Waals surface area contributed by atoms with Gasteiger partial charge in [0.25, 0.3) is 0 Å². The van der Waals surface area contributed by atoms with Gasteiger partial charge in [0, 0.05) is 22.6 Å². The van der Waals surface area contributed by atoms with Gasteiger partial charge in [0.1, 0.15) is 12.5 Å². The molecule has 1 aromatic rings. The third kappa shape index (κ3) is 2.15. The number of hydrogen-bond donors (Lipinski definition) is 2. The lowest BCUT2D eigenvalue weighted by atomic mass is 9.79. The fourth-order valence-electron chi connectivity index (χ4n) is 3.42. The van der Waals surface area contributed by atoms with Gasteiger partial charge in [-0.15, -0.1) is 0 Å². The molecule has 0 aromatic heterocycles. The van der Waals surface area contributed by atoms with E-state index in [-0.39, 0.29) is 23.4 Å². The highest BCUT2D eigenvalue weighted by molar-refractivity contribution is 7.99. The van der Waals surface area contributed by atoms with Gasteiger partial charge in [-0.25, -0.2) is 0 Å². The largest absolute Gasteiger partial charge is 0.464 e. The number of ether oxygens (including phenoxy) is 1. The molecule has 3 atom stereocenters. The van der Waals surface area contributed by atoms with Gasteiger partial charge in [0.15, 0.2) is 5.60 Å².